The maximum Gasteiger partial charge on any atom is 0.206 e. The minimum atomic E-state index is -3.58. The third kappa shape index (κ3) is 4.66. The summed E-state index contributed by atoms with van der Waals surface area (Å²) in [6.07, 6.45) is 4.79. The highest BCUT2D eigenvalue weighted by Crippen LogP contribution is 2.28. The number of aliphatic hydroxyl groups is 1. The average molecular weight is 542 g/mol. The molecule has 0 spiro atoms. The van der Waals surface area contributed by atoms with Gasteiger partial charge in [-0.25, -0.2) is 13.4 Å². The van der Waals surface area contributed by atoms with Crippen molar-refractivity contribution in [3.05, 3.63) is 71.3 Å². The molecule has 34 heavy (non-hydrogen) atoms. The summed E-state index contributed by atoms with van der Waals surface area (Å²) in [6, 6.07) is 17.2. The highest BCUT2D eigenvalue weighted by Gasteiger charge is 2.21. The zero-order valence-corrected chi connectivity index (χ0v) is 20.6. The van der Waals surface area contributed by atoms with Gasteiger partial charge in [0.15, 0.2) is 5.65 Å². The predicted molar refractivity (Wildman–Crippen MR) is 134 cm³/mol. The van der Waals surface area contributed by atoms with Crippen molar-refractivity contribution in [2.45, 2.75) is 47.6 Å². The Balaban J connectivity index is 1.41. The number of sulfone groups is 1. The van der Waals surface area contributed by atoms with Gasteiger partial charge in [0.25, 0.3) is 0 Å². The number of hydrogen-bond acceptors (Lipinski definition) is 7. The molecule has 1 saturated carbocycles. The van der Waals surface area contributed by atoms with Crippen LogP contribution in [-0.4, -0.2) is 40.3 Å². The summed E-state index contributed by atoms with van der Waals surface area (Å²) in [6.45, 7) is 0. The second-order valence-corrected chi connectivity index (χ2v) is 11.2. The lowest BCUT2D eigenvalue weighted by Gasteiger charge is -2.26. The number of halogens is 1. The molecule has 1 fully saturated rings. The summed E-state index contributed by atoms with van der Waals surface area (Å²) in [7, 11) is -3.58. The van der Waals surface area contributed by atoms with Crippen molar-refractivity contribution >= 4 is 48.7 Å². The van der Waals surface area contributed by atoms with Gasteiger partial charge >= 0.3 is 0 Å². The third-order valence-electron chi connectivity index (χ3n) is 5.97. The number of nitrogens with one attached hydrogen (secondary N) is 2. The van der Waals surface area contributed by atoms with E-state index < -0.39 is 9.84 Å². The summed E-state index contributed by atoms with van der Waals surface area (Å²) in [5.74, 6) is 1.40. The van der Waals surface area contributed by atoms with E-state index in [2.05, 4.69) is 31.7 Å². The van der Waals surface area contributed by atoms with Crippen molar-refractivity contribution in [3.63, 3.8) is 0 Å². The number of anilines is 3. The fraction of sp³-hybridized carbons (Fsp3) is 0.250. The molecule has 0 saturated heterocycles. The van der Waals surface area contributed by atoms with E-state index in [9.17, 15) is 13.5 Å². The van der Waals surface area contributed by atoms with Gasteiger partial charge in [0.1, 0.15) is 11.6 Å². The highest BCUT2D eigenvalue weighted by molar-refractivity contribution is 9.10. The number of fused-ring (bicyclic) bond motifs is 1. The number of benzene rings is 2. The van der Waals surface area contributed by atoms with E-state index in [1.54, 1.807) is 65.3 Å². The Morgan fingerprint density at radius 1 is 0.971 bits per heavy atom. The van der Waals surface area contributed by atoms with E-state index >= 15 is 0 Å². The molecular weight excluding hydrogens is 518 g/mol. The minimum Gasteiger partial charge on any atom is -0.393 e. The zero-order chi connectivity index (χ0) is 23.7. The summed E-state index contributed by atoms with van der Waals surface area (Å²) >= 11 is 3.51. The SMILES string of the molecule is O=S(=O)(c1ccccc1)c1ccc(Nc2cc(N[C@H]3CC[C@H](O)CC3)nc3c(Br)cnn23)cc1. The highest BCUT2D eigenvalue weighted by atomic mass is 79.9. The van der Waals surface area contributed by atoms with Gasteiger partial charge in [-0.3, -0.25) is 0 Å². The van der Waals surface area contributed by atoms with Crippen LogP contribution in [0.2, 0.25) is 0 Å². The molecular formula is C24H24BrN5O3S. The Bertz CT molecular complexity index is 1400. The molecule has 5 rings (SSSR count). The topological polar surface area (TPSA) is 109 Å². The van der Waals surface area contributed by atoms with Gasteiger partial charge in [0.05, 0.1) is 26.6 Å². The molecule has 8 nitrogen and oxygen atoms in total. The molecule has 2 aromatic carbocycles. The van der Waals surface area contributed by atoms with E-state index in [1.807, 2.05) is 6.07 Å². The van der Waals surface area contributed by atoms with E-state index in [4.69, 9.17) is 4.98 Å². The molecule has 0 amide bonds. The molecule has 4 aromatic rings. The van der Waals surface area contributed by atoms with Crippen LogP contribution in [0.3, 0.4) is 0 Å². The molecule has 0 unspecified atom stereocenters. The molecule has 3 N–H and O–H groups in total. The molecule has 176 valence electrons. The number of nitrogens with zero attached hydrogens (tertiary/aromatic N) is 3. The lowest BCUT2D eigenvalue weighted by molar-refractivity contribution is 0.126. The van der Waals surface area contributed by atoms with Crippen molar-refractivity contribution in [3.8, 4) is 0 Å². The first-order valence-electron chi connectivity index (χ1n) is 11.1. The smallest absolute Gasteiger partial charge is 0.206 e. The molecule has 2 heterocycles. The second-order valence-electron chi connectivity index (χ2n) is 8.37. The minimum absolute atomic E-state index is 0.219. The molecule has 0 aliphatic heterocycles. The standard InChI is InChI=1S/C24H24BrN5O3S/c25-21-15-26-30-23(14-22(29-24(21)30)27-16-6-10-18(31)11-7-16)28-17-8-12-20(13-9-17)34(32,33)19-4-2-1-3-5-19/h1-5,8-9,12-16,18,28,31H,6-7,10-11H2,(H,27,29)/t16-,18-. The Morgan fingerprint density at radius 2 is 1.65 bits per heavy atom. The number of hydrogen-bond donors (Lipinski definition) is 3. The monoisotopic (exact) mass is 541 g/mol. The Kier molecular flexibility index (Phi) is 6.28. The van der Waals surface area contributed by atoms with Gasteiger partial charge in [0, 0.05) is 17.8 Å². The van der Waals surface area contributed by atoms with Crippen LogP contribution in [0.4, 0.5) is 17.3 Å². The Hall–Kier alpha value is -2.95. The summed E-state index contributed by atoms with van der Waals surface area (Å²) in [4.78, 5) is 5.18. The van der Waals surface area contributed by atoms with Gasteiger partial charge in [-0.1, -0.05) is 18.2 Å². The van der Waals surface area contributed by atoms with Gasteiger partial charge in [-0.15, -0.1) is 0 Å². The summed E-state index contributed by atoms with van der Waals surface area (Å²) in [5, 5.41) is 21.0. The fourth-order valence-corrected chi connectivity index (χ4v) is 5.76. The van der Waals surface area contributed by atoms with E-state index in [0.29, 0.717) is 17.3 Å². The first-order chi connectivity index (χ1) is 16.4. The third-order valence-corrected chi connectivity index (χ3v) is 8.31. The van der Waals surface area contributed by atoms with Crippen molar-refractivity contribution < 1.29 is 13.5 Å². The maximum atomic E-state index is 12.9. The van der Waals surface area contributed by atoms with E-state index in [1.165, 1.54) is 0 Å². The van der Waals surface area contributed by atoms with Crippen molar-refractivity contribution in [2.75, 3.05) is 10.6 Å². The summed E-state index contributed by atoms with van der Waals surface area (Å²) < 4.78 is 28.2. The Labute approximate surface area is 206 Å². The van der Waals surface area contributed by atoms with Gasteiger partial charge in [-0.2, -0.15) is 9.61 Å². The Morgan fingerprint density at radius 3 is 2.35 bits per heavy atom. The number of aliphatic hydroxyl groups excluding tert-OH is 1. The van der Waals surface area contributed by atoms with Crippen LogP contribution in [0.1, 0.15) is 25.7 Å². The van der Waals surface area contributed by atoms with Crippen LogP contribution < -0.4 is 10.6 Å². The van der Waals surface area contributed by atoms with Crippen LogP contribution in [-0.2, 0) is 9.84 Å². The number of aromatic nitrogens is 3. The average Bonchev–Trinajstić information content (AvgIpc) is 3.22. The van der Waals surface area contributed by atoms with Crippen molar-refractivity contribution in [1.82, 2.24) is 14.6 Å². The quantitative estimate of drug-likeness (QED) is 0.322. The molecule has 0 radical (unpaired) electrons. The molecule has 1 aliphatic rings. The predicted octanol–water partition coefficient (Wildman–Crippen LogP) is 4.78. The molecule has 0 atom stereocenters. The largest absolute Gasteiger partial charge is 0.393 e. The van der Waals surface area contributed by atoms with Crippen LogP contribution in [0, 0.1) is 0 Å². The van der Waals surface area contributed by atoms with Gasteiger partial charge in [0.2, 0.25) is 9.84 Å². The van der Waals surface area contributed by atoms with Crippen LogP contribution >= 0.6 is 15.9 Å². The van der Waals surface area contributed by atoms with Crippen LogP contribution in [0.15, 0.2) is 81.1 Å². The van der Waals surface area contributed by atoms with Crippen molar-refractivity contribution in [2.24, 2.45) is 0 Å². The molecule has 0 bridgehead atoms. The molecule has 2 aromatic heterocycles. The molecule has 1 aliphatic carbocycles. The normalized spacial score (nSPS) is 18.6. The first kappa shape index (κ1) is 22.8. The van der Waals surface area contributed by atoms with E-state index in [0.717, 1.165) is 35.8 Å². The van der Waals surface area contributed by atoms with Gasteiger partial charge in [-0.05, 0) is 78.0 Å². The number of rotatable bonds is 6. The van der Waals surface area contributed by atoms with Gasteiger partial charge < -0.3 is 15.7 Å². The zero-order valence-electron chi connectivity index (χ0n) is 18.2. The van der Waals surface area contributed by atoms with Crippen LogP contribution in [0.25, 0.3) is 5.65 Å². The summed E-state index contributed by atoms with van der Waals surface area (Å²) in [5.41, 5.74) is 1.38. The van der Waals surface area contributed by atoms with E-state index in [-0.39, 0.29) is 21.9 Å². The lowest BCUT2D eigenvalue weighted by Crippen LogP contribution is -2.28. The second kappa shape index (κ2) is 9.36. The fourth-order valence-electron chi connectivity index (χ4n) is 4.13. The first-order valence-corrected chi connectivity index (χ1v) is 13.3. The molecule has 10 heteroatoms. The maximum absolute atomic E-state index is 12.9. The lowest BCUT2D eigenvalue weighted by atomic mass is 9.93. The van der Waals surface area contributed by atoms with Crippen LogP contribution in [0.5, 0.6) is 0 Å². The van der Waals surface area contributed by atoms with Crippen molar-refractivity contribution in [1.29, 1.82) is 0 Å².